The molecule has 0 bridgehead atoms. The third-order valence-corrected chi connectivity index (χ3v) is 4.16. The van der Waals surface area contributed by atoms with Gasteiger partial charge in [-0.25, -0.2) is 4.98 Å². The third-order valence-electron chi connectivity index (χ3n) is 4.16. The number of amides is 1. The molecule has 0 aliphatic carbocycles. The first-order valence-electron chi connectivity index (χ1n) is 8.02. The van der Waals surface area contributed by atoms with Crippen LogP contribution in [0.2, 0.25) is 0 Å². The third kappa shape index (κ3) is 3.74. The van der Waals surface area contributed by atoms with Gasteiger partial charge < -0.3 is 14.5 Å². The van der Waals surface area contributed by atoms with Gasteiger partial charge in [0.25, 0.3) is 0 Å². The van der Waals surface area contributed by atoms with Gasteiger partial charge >= 0.3 is 0 Å². The highest BCUT2D eigenvalue weighted by Crippen LogP contribution is 2.21. The first-order valence-corrected chi connectivity index (χ1v) is 8.02. The number of nitrogens with one attached hydrogen (secondary N) is 3. The highest BCUT2D eigenvalue weighted by atomic mass is 16.5. The summed E-state index contributed by atoms with van der Waals surface area (Å²) < 4.78 is 10.6. The molecule has 3 N–H and O–H groups in total. The maximum absolute atomic E-state index is 12.1. The number of hydrogen-bond donors (Lipinski definition) is 3. The predicted molar refractivity (Wildman–Crippen MR) is 89.3 cm³/mol. The standard InChI is InChI=1S/C17H22N4O3/c1-11-15(9-19-21-11)16(22)18-8-7-13-10-24-17(20-13)12-3-5-14(23-2)6-4-12/h3-6,10-11,15,19,21H,7-9H2,1-2H3,(H,18,22). The zero-order chi connectivity index (χ0) is 16.9. The van der Waals surface area contributed by atoms with Crippen molar-refractivity contribution in [1.29, 1.82) is 0 Å². The van der Waals surface area contributed by atoms with Gasteiger partial charge in [-0.1, -0.05) is 0 Å². The molecule has 1 saturated heterocycles. The summed E-state index contributed by atoms with van der Waals surface area (Å²) in [6, 6.07) is 7.67. The van der Waals surface area contributed by atoms with Crippen LogP contribution in [0.25, 0.3) is 11.5 Å². The van der Waals surface area contributed by atoms with E-state index >= 15 is 0 Å². The molecule has 2 aromatic rings. The minimum absolute atomic E-state index is 0.0443. The Bertz CT molecular complexity index is 683. The Morgan fingerprint density at radius 1 is 1.42 bits per heavy atom. The fourth-order valence-electron chi connectivity index (χ4n) is 2.66. The maximum Gasteiger partial charge on any atom is 0.226 e. The fourth-order valence-corrected chi connectivity index (χ4v) is 2.66. The Labute approximate surface area is 140 Å². The van der Waals surface area contributed by atoms with Gasteiger partial charge in [0.15, 0.2) is 0 Å². The van der Waals surface area contributed by atoms with E-state index in [1.807, 2.05) is 31.2 Å². The molecule has 2 unspecified atom stereocenters. The molecule has 1 amide bonds. The Morgan fingerprint density at radius 2 is 2.21 bits per heavy atom. The number of carbonyl (C=O) groups excluding carboxylic acids is 1. The molecule has 0 radical (unpaired) electrons. The Morgan fingerprint density at radius 3 is 2.88 bits per heavy atom. The summed E-state index contributed by atoms with van der Waals surface area (Å²) in [5.41, 5.74) is 7.74. The van der Waals surface area contributed by atoms with E-state index < -0.39 is 0 Å². The van der Waals surface area contributed by atoms with Crippen molar-refractivity contribution in [3.05, 3.63) is 36.2 Å². The van der Waals surface area contributed by atoms with E-state index in [0.717, 1.165) is 17.0 Å². The monoisotopic (exact) mass is 330 g/mol. The molecule has 7 heteroatoms. The number of hydrazine groups is 1. The maximum atomic E-state index is 12.1. The van der Waals surface area contributed by atoms with Crippen molar-refractivity contribution < 1.29 is 13.9 Å². The quantitative estimate of drug-likeness (QED) is 0.736. The lowest BCUT2D eigenvalue weighted by molar-refractivity contribution is -0.124. The second kappa shape index (κ2) is 7.46. The van der Waals surface area contributed by atoms with Crippen LogP contribution >= 0.6 is 0 Å². The van der Waals surface area contributed by atoms with Crippen molar-refractivity contribution >= 4 is 5.91 Å². The zero-order valence-electron chi connectivity index (χ0n) is 13.8. The molecular formula is C17H22N4O3. The Hall–Kier alpha value is -2.38. The number of aromatic nitrogens is 1. The second-order valence-electron chi connectivity index (χ2n) is 5.83. The van der Waals surface area contributed by atoms with Gasteiger partial charge in [-0.15, -0.1) is 0 Å². The van der Waals surface area contributed by atoms with Gasteiger partial charge in [0.1, 0.15) is 12.0 Å². The topological polar surface area (TPSA) is 88.4 Å². The SMILES string of the molecule is COc1ccc(-c2nc(CCNC(=O)C3CNNC3C)co2)cc1. The lowest BCUT2D eigenvalue weighted by Gasteiger charge is -2.13. The minimum atomic E-state index is -0.0443. The molecule has 0 saturated carbocycles. The Kier molecular flexibility index (Phi) is 5.12. The number of methoxy groups -OCH3 is 1. The number of nitrogens with zero attached hydrogens (tertiary/aromatic N) is 1. The molecule has 3 rings (SSSR count). The van der Waals surface area contributed by atoms with Crippen LogP contribution in [-0.4, -0.2) is 37.1 Å². The number of oxazole rings is 1. The summed E-state index contributed by atoms with van der Waals surface area (Å²) in [7, 11) is 1.63. The normalized spacial score (nSPS) is 20.1. The van der Waals surface area contributed by atoms with Crippen LogP contribution in [-0.2, 0) is 11.2 Å². The fraction of sp³-hybridized carbons (Fsp3) is 0.412. The van der Waals surface area contributed by atoms with E-state index in [-0.39, 0.29) is 17.9 Å². The summed E-state index contributed by atoms with van der Waals surface area (Å²) in [5.74, 6) is 1.37. The molecule has 1 fully saturated rings. The highest BCUT2D eigenvalue weighted by Gasteiger charge is 2.28. The summed E-state index contributed by atoms with van der Waals surface area (Å²) in [5, 5.41) is 2.95. The molecule has 2 heterocycles. The van der Waals surface area contributed by atoms with Crippen molar-refractivity contribution in [2.75, 3.05) is 20.2 Å². The molecule has 0 spiro atoms. The van der Waals surface area contributed by atoms with E-state index in [9.17, 15) is 4.79 Å². The van der Waals surface area contributed by atoms with Gasteiger partial charge in [-0.05, 0) is 31.2 Å². The average Bonchev–Trinajstić information content (AvgIpc) is 3.24. The van der Waals surface area contributed by atoms with E-state index in [0.29, 0.717) is 25.4 Å². The van der Waals surface area contributed by atoms with Crippen molar-refractivity contribution in [3.8, 4) is 17.2 Å². The number of carbonyl (C=O) groups is 1. The molecular weight excluding hydrogens is 308 g/mol. The molecule has 1 aliphatic heterocycles. The first-order chi connectivity index (χ1) is 11.7. The number of benzene rings is 1. The largest absolute Gasteiger partial charge is 0.497 e. The Balaban J connectivity index is 1.51. The van der Waals surface area contributed by atoms with Crippen molar-refractivity contribution in [2.45, 2.75) is 19.4 Å². The predicted octanol–water partition coefficient (Wildman–Crippen LogP) is 1.12. The van der Waals surface area contributed by atoms with Gasteiger partial charge in [0.05, 0.1) is 18.7 Å². The lowest BCUT2D eigenvalue weighted by atomic mass is 10.0. The molecule has 128 valence electrons. The van der Waals surface area contributed by atoms with Gasteiger partial charge in [-0.2, -0.15) is 0 Å². The second-order valence-corrected chi connectivity index (χ2v) is 5.83. The smallest absolute Gasteiger partial charge is 0.226 e. The lowest BCUT2D eigenvalue weighted by Crippen LogP contribution is -2.38. The van der Waals surface area contributed by atoms with E-state index in [2.05, 4.69) is 21.2 Å². The zero-order valence-corrected chi connectivity index (χ0v) is 13.8. The summed E-state index contributed by atoms with van der Waals surface area (Å²) >= 11 is 0. The molecule has 24 heavy (non-hydrogen) atoms. The van der Waals surface area contributed by atoms with Crippen molar-refractivity contribution in [3.63, 3.8) is 0 Å². The highest BCUT2D eigenvalue weighted by molar-refractivity contribution is 5.79. The van der Waals surface area contributed by atoms with Gasteiger partial charge in [0.2, 0.25) is 11.8 Å². The molecule has 1 aromatic heterocycles. The van der Waals surface area contributed by atoms with Crippen molar-refractivity contribution in [2.24, 2.45) is 5.92 Å². The van der Waals surface area contributed by atoms with Crippen LogP contribution in [0.3, 0.4) is 0 Å². The van der Waals surface area contributed by atoms with Crippen LogP contribution in [0.5, 0.6) is 5.75 Å². The molecule has 7 nitrogen and oxygen atoms in total. The first kappa shape index (κ1) is 16.5. The van der Waals surface area contributed by atoms with E-state index in [1.165, 1.54) is 0 Å². The van der Waals surface area contributed by atoms with Gasteiger partial charge in [-0.3, -0.25) is 15.6 Å². The number of hydrogen-bond acceptors (Lipinski definition) is 6. The summed E-state index contributed by atoms with van der Waals surface area (Å²) in [6.07, 6.45) is 2.26. The van der Waals surface area contributed by atoms with Crippen LogP contribution in [0, 0.1) is 5.92 Å². The van der Waals surface area contributed by atoms with Gasteiger partial charge in [0, 0.05) is 31.1 Å². The van der Waals surface area contributed by atoms with Crippen LogP contribution in [0.15, 0.2) is 34.9 Å². The van der Waals surface area contributed by atoms with Crippen LogP contribution in [0.4, 0.5) is 0 Å². The summed E-state index contributed by atoms with van der Waals surface area (Å²) in [6.45, 7) is 3.18. The van der Waals surface area contributed by atoms with Crippen LogP contribution in [0.1, 0.15) is 12.6 Å². The summed E-state index contributed by atoms with van der Waals surface area (Å²) in [4.78, 5) is 16.5. The number of rotatable bonds is 6. The molecule has 1 aromatic carbocycles. The molecule has 2 atom stereocenters. The van der Waals surface area contributed by atoms with E-state index in [4.69, 9.17) is 9.15 Å². The van der Waals surface area contributed by atoms with E-state index in [1.54, 1.807) is 13.4 Å². The average molecular weight is 330 g/mol. The molecule has 1 aliphatic rings. The van der Waals surface area contributed by atoms with Crippen LogP contribution < -0.4 is 20.9 Å². The van der Waals surface area contributed by atoms with Crippen molar-refractivity contribution in [1.82, 2.24) is 21.2 Å². The minimum Gasteiger partial charge on any atom is -0.497 e. The number of ether oxygens (including phenoxy) is 1.